The van der Waals surface area contributed by atoms with E-state index in [2.05, 4.69) is 5.32 Å². The van der Waals surface area contributed by atoms with Crippen LogP contribution in [-0.2, 0) is 20.9 Å². The third kappa shape index (κ3) is 5.39. The Labute approximate surface area is 193 Å². The Morgan fingerprint density at radius 1 is 0.939 bits per heavy atom. The molecule has 0 spiro atoms. The summed E-state index contributed by atoms with van der Waals surface area (Å²) in [5.74, 6) is -0.666. The predicted molar refractivity (Wildman–Crippen MR) is 123 cm³/mol. The lowest BCUT2D eigenvalue weighted by Gasteiger charge is -2.36. The summed E-state index contributed by atoms with van der Waals surface area (Å²) in [6.45, 7) is 4.12. The van der Waals surface area contributed by atoms with Gasteiger partial charge in [0, 0.05) is 63.9 Å². The van der Waals surface area contributed by atoms with Crippen molar-refractivity contribution in [2.45, 2.75) is 19.9 Å². The lowest BCUT2D eigenvalue weighted by atomic mass is 10.1. The first-order valence-corrected chi connectivity index (χ1v) is 11.2. The number of nitrogens with zero attached hydrogens (tertiary/aromatic N) is 3. The van der Waals surface area contributed by atoms with E-state index in [4.69, 9.17) is 0 Å². The Morgan fingerprint density at radius 3 is 2.33 bits per heavy atom. The van der Waals surface area contributed by atoms with Crippen LogP contribution in [0.25, 0.3) is 0 Å². The highest BCUT2D eigenvalue weighted by Crippen LogP contribution is 2.23. The van der Waals surface area contributed by atoms with Gasteiger partial charge in [0.1, 0.15) is 0 Å². The summed E-state index contributed by atoms with van der Waals surface area (Å²) in [5, 5.41) is 2.68. The molecule has 0 aliphatic carbocycles. The maximum Gasteiger partial charge on any atom is 0.254 e. The summed E-state index contributed by atoms with van der Waals surface area (Å²) in [6.07, 6.45) is 0.237. The van der Waals surface area contributed by atoms with Crippen LogP contribution in [0.3, 0.4) is 0 Å². The van der Waals surface area contributed by atoms with Gasteiger partial charge in [-0.15, -0.1) is 0 Å². The smallest absolute Gasteiger partial charge is 0.254 e. The molecule has 2 fully saturated rings. The number of rotatable bonds is 5. The molecule has 2 heterocycles. The number of hydrogen-bond donors (Lipinski definition) is 1. The molecule has 4 amide bonds. The van der Waals surface area contributed by atoms with E-state index in [1.807, 2.05) is 30.3 Å². The van der Waals surface area contributed by atoms with Crippen LogP contribution in [0, 0.1) is 5.92 Å². The molecule has 0 radical (unpaired) electrons. The molecule has 0 aromatic heterocycles. The summed E-state index contributed by atoms with van der Waals surface area (Å²) in [4.78, 5) is 54.9. The molecule has 2 saturated heterocycles. The van der Waals surface area contributed by atoms with Crippen LogP contribution in [0.15, 0.2) is 54.6 Å². The Hall–Kier alpha value is -3.68. The van der Waals surface area contributed by atoms with E-state index in [1.54, 1.807) is 39.0 Å². The first-order chi connectivity index (χ1) is 15.9. The molecule has 8 heteroatoms. The molecular weight excluding hydrogens is 420 g/mol. The number of hydrogen-bond acceptors (Lipinski definition) is 4. The second-order valence-electron chi connectivity index (χ2n) is 8.54. The Bertz CT molecular complexity index is 1050. The van der Waals surface area contributed by atoms with Crippen LogP contribution in [0.4, 0.5) is 5.69 Å². The van der Waals surface area contributed by atoms with Gasteiger partial charge >= 0.3 is 0 Å². The minimum atomic E-state index is -0.335. The number of anilines is 1. The number of benzene rings is 2. The fourth-order valence-electron chi connectivity index (χ4n) is 4.40. The van der Waals surface area contributed by atoms with Crippen molar-refractivity contribution in [2.75, 3.05) is 38.0 Å². The number of piperazine rings is 1. The average Bonchev–Trinajstić information content (AvgIpc) is 3.18. The van der Waals surface area contributed by atoms with Gasteiger partial charge in [-0.25, -0.2) is 0 Å². The standard InChI is InChI=1S/C25H28N4O4/c1-18(30)26-22-9-5-8-20(14-22)24(32)27-10-12-28(13-11-27)25(33)21-15-23(31)29(17-21)16-19-6-3-2-4-7-19/h2-9,14,21H,10-13,15-17H2,1H3,(H,26,30). The van der Waals surface area contributed by atoms with Crippen molar-refractivity contribution in [3.8, 4) is 0 Å². The summed E-state index contributed by atoms with van der Waals surface area (Å²) in [7, 11) is 0. The summed E-state index contributed by atoms with van der Waals surface area (Å²) < 4.78 is 0. The first-order valence-electron chi connectivity index (χ1n) is 11.2. The molecule has 8 nitrogen and oxygen atoms in total. The largest absolute Gasteiger partial charge is 0.339 e. The second-order valence-corrected chi connectivity index (χ2v) is 8.54. The van der Waals surface area contributed by atoms with Crippen LogP contribution < -0.4 is 5.32 Å². The van der Waals surface area contributed by atoms with Crippen LogP contribution >= 0.6 is 0 Å². The second kappa shape index (κ2) is 9.85. The Morgan fingerprint density at radius 2 is 1.64 bits per heavy atom. The highest BCUT2D eigenvalue weighted by atomic mass is 16.2. The van der Waals surface area contributed by atoms with E-state index in [9.17, 15) is 19.2 Å². The molecule has 0 bridgehead atoms. The van der Waals surface area contributed by atoms with Crippen molar-refractivity contribution in [2.24, 2.45) is 5.92 Å². The third-order valence-corrected chi connectivity index (χ3v) is 6.09. The highest BCUT2D eigenvalue weighted by Gasteiger charge is 2.37. The molecule has 33 heavy (non-hydrogen) atoms. The maximum atomic E-state index is 13.0. The fraction of sp³-hybridized carbons (Fsp3) is 0.360. The lowest BCUT2D eigenvalue weighted by Crippen LogP contribution is -2.52. The quantitative estimate of drug-likeness (QED) is 0.757. The van der Waals surface area contributed by atoms with Gasteiger partial charge in [-0.2, -0.15) is 0 Å². The zero-order valence-electron chi connectivity index (χ0n) is 18.7. The van der Waals surface area contributed by atoms with E-state index in [-0.39, 0.29) is 36.0 Å². The van der Waals surface area contributed by atoms with Gasteiger partial charge in [0.15, 0.2) is 0 Å². The van der Waals surface area contributed by atoms with Gasteiger partial charge in [0.05, 0.1) is 5.92 Å². The van der Waals surface area contributed by atoms with Crippen LogP contribution in [0.1, 0.15) is 29.3 Å². The number of amides is 4. The summed E-state index contributed by atoms with van der Waals surface area (Å²) in [6, 6.07) is 16.6. The molecule has 2 aliphatic heterocycles. The minimum Gasteiger partial charge on any atom is -0.339 e. The van der Waals surface area contributed by atoms with Crippen molar-refractivity contribution < 1.29 is 19.2 Å². The van der Waals surface area contributed by atoms with Gasteiger partial charge in [-0.1, -0.05) is 36.4 Å². The third-order valence-electron chi connectivity index (χ3n) is 6.09. The zero-order valence-corrected chi connectivity index (χ0v) is 18.7. The van der Waals surface area contributed by atoms with E-state index in [0.29, 0.717) is 50.5 Å². The number of likely N-dealkylation sites (tertiary alicyclic amines) is 1. The average molecular weight is 449 g/mol. The summed E-state index contributed by atoms with van der Waals surface area (Å²) >= 11 is 0. The fourth-order valence-corrected chi connectivity index (χ4v) is 4.40. The molecule has 172 valence electrons. The topological polar surface area (TPSA) is 90.0 Å². The van der Waals surface area contributed by atoms with E-state index < -0.39 is 0 Å². The lowest BCUT2D eigenvalue weighted by molar-refractivity contribution is -0.137. The molecule has 0 saturated carbocycles. The molecular formula is C25H28N4O4. The molecule has 4 rings (SSSR count). The molecule has 1 unspecified atom stereocenters. The van der Waals surface area contributed by atoms with Crippen molar-refractivity contribution >= 4 is 29.3 Å². The number of carbonyl (C=O) groups excluding carboxylic acids is 4. The highest BCUT2D eigenvalue weighted by molar-refractivity contribution is 5.97. The zero-order chi connectivity index (χ0) is 23.4. The molecule has 2 aromatic rings. The van der Waals surface area contributed by atoms with E-state index in [0.717, 1.165) is 5.56 Å². The normalized spacial score (nSPS) is 18.4. The summed E-state index contributed by atoms with van der Waals surface area (Å²) in [5.41, 5.74) is 2.13. The van der Waals surface area contributed by atoms with Crippen molar-refractivity contribution in [3.63, 3.8) is 0 Å². The van der Waals surface area contributed by atoms with Crippen molar-refractivity contribution in [3.05, 3.63) is 65.7 Å². The van der Waals surface area contributed by atoms with Crippen LogP contribution in [-0.4, -0.2) is 71.1 Å². The minimum absolute atomic E-state index is 0.00469. The van der Waals surface area contributed by atoms with Gasteiger partial charge in [-0.3, -0.25) is 19.2 Å². The Balaban J connectivity index is 1.30. The van der Waals surface area contributed by atoms with Crippen LogP contribution in [0.2, 0.25) is 0 Å². The van der Waals surface area contributed by atoms with E-state index in [1.165, 1.54) is 6.92 Å². The monoisotopic (exact) mass is 448 g/mol. The number of carbonyl (C=O) groups is 4. The van der Waals surface area contributed by atoms with Crippen molar-refractivity contribution in [1.82, 2.24) is 14.7 Å². The first kappa shape index (κ1) is 22.5. The molecule has 2 aliphatic rings. The van der Waals surface area contributed by atoms with Crippen molar-refractivity contribution in [1.29, 1.82) is 0 Å². The van der Waals surface area contributed by atoms with Gasteiger partial charge in [0.2, 0.25) is 17.7 Å². The van der Waals surface area contributed by atoms with E-state index >= 15 is 0 Å². The predicted octanol–water partition coefficient (Wildman–Crippen LogP) is 1.98. The maximum absolute atomic E-state index is 13.0. The Kier molecular flexibility index (Phi) is 6.72. The molecule has 1 atom stereocenters. The molecule has 1 N–H and O–H groups in total. The van der Waals surface area contributed by atoms with Gasteiger partial charge < -0.3 is 20.0 Å². The van der Waals surface area contributed by atoms with Gasteiger partial charge in [-0.05, 0) is 23.8 Å². The van der Waals surface area contributed by atoms with Gasteiger partial charge in [0.25, 0.3) is 5.91 Å². The molecule has 2 aromatic carbocycles. The SMILES string of the molecule is CC(=O)Nc1cccc(C(=O)N2CCN(C(=O)C3CC(=O)N(Cc4ccccc4)C3)CC2)c1. The van der Waals surface area contributed by atoms with Crippen LogP contribution in [0.5, 0.6) is 0 Å². The number of nitrogens with one attached hydrogen (secondary N) is 1.